The molecule has 3 aromatic rings. The molecule has 0 saturated carbocycles. The summed E-state index contributed by atoms with van der Waals surface area (Å²) in [5.41, 5.74) is 0.736. The Morgan fingerprint density at radius 2 is 2.10 bits per heavy atom. The van der Waals surface area contributed by atoms with Crippen molar-refractivity contribution in [1.29, 1.82) is 0 Å². The van der Waals surface area contributed by atoms with Gasteiger partial charge in [0.2, 0.25) is 5.78 Å². The zero-order chi connectivity index (χ0) is 13.9. The molecule has 0 bridgehead atoms. The standard InChI is InChI=1S/C15H10BrNO2S/c16-11-5-3-7-17-15(11)20-9-12(18)14-8-10-4-1-2-6-13(10)19-14/h1-8H,9H2. The SMILES string of the molecule is O=C(CSc1ncccc1Br)c1cc2ccccc2o1. The number of aromatic nitrogens is 1. The first-order valence-electron chi connectivity index (χ1n) is 5.99. The fraction of sp³-hybridized carbons (Fsp3) is 0.0667. The van der Waals surface area contributed by atoms with E-state index in [1.54, 1.807) is 12.3 Å². The Morgan fingerprint density at radius 3 is 2.90 bits per heavy atom. The van der Waals surface area contributed by atoms with Gasteiger partial charge in [0.05, 0.1) is 5.75 Å². The number of benzene rings is 1. The molecule has 3 nitrogen and oxygen atoms in total. The largest absolute Gasteiger partial charge is 0.453 e. The van der Waals surface area contributed by atoms with Crippen LogP contribution in [0.4, 0.5) is 0 Å². The van der Waals surface area contributed by atoms with Gasteiger partial charge in [0.25, 0.3) is 0 Å². The zero-order valence-electron chi connectivity index (χ0n) is 10.4. The third-order valence-corrected chi connectivity index (χ3v) is 4.67. The normalized spacial score (nSPS) is 10.8. The van der Waals surface area contributed by atoms with Crippen molar-refractivity contribution in [2.75, 3.05) is 5.75 Å². The molecule has 3 rings (SSSR count). The number of furan rings is 1. The number of rotatable bonds is 4. The van der Waals surface area contributed by atoms with Gasteiger partial charge in [0, 0.05) is 16.1 Å². The molecule has 100 valence electrons. The first-order valence-corrected chi connectivity index (χ1v) is 7.77. The van der Waals surface area contributed by atoms with Gasteiger partial charge >= 0.3 is 0 Å². The summed E-state index contributed by atoms with van der Waals surface area (Å²) in [5.74, 6) is 0.657. The minimum absolute atomic E-state index is 0.0382. The van der Waals surface area contributed by atoms with Crippen molar-refractivity contribution >= 4 is 44.4 Å². The zero-order valence-corrected chi connectivity index (χ0v) is 12.8. The van der Waals surface area contributed by atoms with Crippen molar-refractivity contribution in [1.82, 2.24) is 4.98 Å². The lowest BCUT2D eigenvalue weighted by molar-refractivity contribution is 0.0994. The van der Waals surface area contributed by atoms with Crippen LogP contribution in [0.3, 0.4) is 0 Å². The van der Waals surface area contributed by atoms with Crippen LogP contribution in [-0.4, -0.2) is 16.5 Å². The van der Waals surface area contributed by atoms with Gasteiger partial charge in [-0.15, -0.1) is 0 Å². The highest BCUT2D eigenvalue weighted by Crippen LogP contribution is 2.26. The van der Waals surface area contributed by atoms with Crippen LogP contribution in [0, 0.1) is 0 Å². The number of Topliss-reactive ketones (excluding diaryl/α,β-unsaturated/α-hetero) is 1. The summed E-state index contributed by atoms with van der Waals surface area (Å²) >= 11 is 4.81. The van der Waals surface area contributed by atoms with Crippen LogP contribution in [0.15, 0.2) is 62.6 Å². The van der Waals surface area contributed by atoms with E-state index in [-0.39, 0.29) is 5.78 Å². The van der Waals surface area contributed by atoms with Crippen LogP contribution in [0.1, 0.15) is 10.6 Å². The highest BCUT2D eigenvalue weighted by atomic mass is 79.9. The van der Waals surface area contributed by atoms with E-state index in [0.717, 1.165) is 20.5 Å². The van der Waals surface area contributed by atoms with Gasteiger partial charge in [-0.1, -0.05) is 30.0 Å². The van der Waals surface area contributed by atoms with Crippen LogP contribution >= 0.6 is 27.7 Å². The number of fused-ring (bicyclic) bond motifs is 1. The molecule has 0 unspecified atom stereocenters. The van der Waals surface area contributed by atoms with Crippen LogP contribution in [0.2, 0.25) is 0 Å². The molecule has 1 aromatic carbocycles. The Kier molecular flexibility index (Phi) is 3.89. The Labute approximate surface area is 128 Å². The predicted octanol–water partition coefficient (Wildman–Crippen LogP) is 4.57. The number of nitrogens with zero attached hydrogens (tertiary/aromatic N) is 1. The molecular weight excluding hydrogens is 338 g/mol. The maximum Gasteiger partial charge on any atom is 0.208 e. The van der Waals surface area contributed by atoms with E-state index in [9.17, 15) is 4.79 Å². The van der Waals surface area contributed by atoms with Gasteiger partial charge in [-0.05, 0) is 40.2 Å². The number of hydrogen-bond donors (Lipinski definition) is 0. The second-order valence-electron chi connectivity index (χ2n) is 4.15. The number of carbonyl (C=O) groups excluding carboxylic acids is 1. The first kappa shape index (κ1) is 13.4. The molecule has 0 amide bonds. The average molecular weight is 348 g/mol. The molecule has 0 spiro atoms. The number of carbonyl (C=O) groups is 1. The molecule has 0 aliphatic heterocycles. The second kappa shape index (κ2) is 5.81. The molecule has 2 aromatic heterocycles. The number of thioether (sulfide) groups is 1. The van der Waals surface area contributed by atoms with Gasteiger partial charge in [-0.3, -0.25) is 4.79 Å². The van der Waals surface area contributed by atoms with Crippen LogP contribution < -0.4 is 0 Å². The summed E-state index contributed by atoms with van der Waals surface area (Å²) in [6.45, 7) is 0. The monoisotopic (exact) mass is 347 g/mol. The van der Waals surface area contributed by atoms with Crippen molar-refractivity contribution in [3.8, 4) is 0 Å². The third kappa shape index (κ3) is 2.78. The lowest BCUT2D eigenvalue weighted by Crippen LogP contribution is -2.00. The number of pyridine rings is 1. The molecule has 0 aliphatic carbocycles. The fourth-order valence-corrected chi connectivity index (χ4v) is 3.15. The van der Waals surface area contributed by atoms with Crippen molar-refractivity contribution in [2.45, 2.75) is 5.03 Å². The average Bonchev–Trinajstić information content (AvgIpc) is 2.90. The van der Waals surface area contributed by atoms with Gasteiger partial charge in [-0.25, -0.2) is 4.98 Å². The number of para-hydroxylation sites is 1. The van der Waals surface area contributed by atoms with E-state index in [2.05, 4.69) is 20.9 Å². The maximum absolute atomic E-state index is 12.1. The summed E-state index contributed by atoms with van der Waals surface area (Å²) < 4.78 is 6.44. The minimum Gasteiger partial charge on any atom is -0.453 e. The van der Waals surface area contributed by atoms with Crippen molar-refractivity contribution < 1.29 is 9.21 Å². The highest BCUT2D eigenvalue weighted by molar-refractivity contribution is 9.10. The van der Waals surface area contributed by atoms with E-state index in [1.807, 2.05) is 36.4 Å². The molecular formula is C15H10BrNO2S. The van der Waals surface area contributed by atoms with Crippen LogP contribution in [0.25, 0.3) is 11.0 Å². The first-order chi connectivity index (χ1) is 9.74. The molecule has 20 heavy (non-hydrogen) atoms. The maximum atomic E-state index is 12.1. The van der Waals surface area contributed by atoms with Gasteiger partial charge in [0.15, 0.2) is 5.76 Å². The van der Waals surface area contributed by atoms with Crippen LogP contribution in [-0.2, 0) is 0 Å². The summed E-state index contributed by atoms with van der Waals surface area (Å²) in [6.07, 6.45) is 1.71. The number of ketones is 1. The van der Waals surface area contributed by atoms with Crippen molar-refractivity contribution in [3.05, 3.63) is 58.9 Å². The molecule has 0 atom stereocenters. The molecule has 0 radical (unpaired) electrons. The summed E-state index contributed by atoms with van der Waals surface area (Å²) in [7, 11) is 0. The Bertz CT molecular complexity index is 736. The smallest absolute Gasteiger partial charge is 0.208 e. The lowest BCUT2D eigenvalue weighted by atomic mass is 10.2. The molecule has 5 heteroatoms. The number of halogens is 1. The predicted molar refractivity (Wildman–Crippen MR) is 83.2 cm³/mol. The quantitative estimate of drug-likeness (QED) is 0.512. The summed E-state index contributed by atoms with van der Waals surface area (Å²) in [6, 6.07) is 13.1. The summed E-state index contributed by atoms with van der Waals surface area (Å²) in [5, 5.41) is 1.75. The van der Waals surface area contributed by atoms with Crippen molar-refractivity contribution in [2.24, 2.45) is 0 Å². The third-order valence-electron chi connectivity index (χ3n) is 2.77. The van der Waals surface area contributed by atoms with E-state index < -0.39 is 0 Å². The van der Waals surface area contributed by atoms with Gasteiger partial charge in [-0.2, -0.15) is 0 Å². The Hall–Kier alpha value is -1.59. The van der Waals surface area contributed by atoms with E-state index in [0.29, 0.717) is 11.5 Å². The van der Waals surface area contributed by atoms with Gasteiger partial charge < -0.3 is 4.42 Å². The second-order valence-corrected chi connectivity index (χ2v) is 5.97. The molecule has 0 fully saturated rings. The topological polar surface area (TPSA) is 43.1 Å². The van der Waals surface area contributed by atoms with Crippen LogP contribution in [0.5, 0.6) is 0 Å². The molecule has 0 saturated heterocycles. The van der Waals surface area contributed by atoms with E-state index in [1.165, 1.54) is 11.8 Å². The fourth-order valence-electron chi connectivity index (χ4n) is 1.80. The van der Waals surface area contributed by atoms with E-state index in [4.69, 9.17) is 4.42 Å². The molecule has 0 N–H and O–H groups in total. The Morgan fingerprint density at radius 1 is 1.25 bits per heavy atom. The van der Waals surface area contributed by atoms with Gasteiger partial charge in [0.1, 0.15) is 10.6 Å². The van der Waals surface area contributed by atoms with E-state index >= 15 is 0 Å². The summed E-state index contributed by atoms with van der Waals surface area (Å²) in [4.78, 5) is 16.4. The lowest BCUT2D eigenvalue weighted by Gasteiger charge is -2.00. The number of hydrogen-bond acceptors (Lipinski definition) is 4. The molecule has 0 aliphatic rings. The van der Waals surface area contributed by atoms with Crippen molar-refractivity contribution in [3.63, 3.8) is 0 Å². The minimum atomic E-state index is -0.0382. The highest BCUT2D eigenvalue weighted by Gasteiger charge is 2.13. The molecule has 2 heterocycles. The Balaban J connectivity index is 1.75.